The van der Waals surface area contributed by atoms with Crippen LogP contribution in [0, 0.1) is 0 Å². The molecule has 2 aromatic rings. The van der Waals surface area contributed by atoms with Crippen molar-refractivity contribution in [2.75, 3.05) is 22.6 Å². The smallest absolute Gasteiger partial charge is 0.0743 e. The van der Waals surface area contributed by atoms with Gasteiger partial charge in [0.05, 0.1) is 5.52 Å². The third kappa shape index (κ3) is 3.77. The Kier molecular flexibility index (Phi) is 4.91. The molecule has 0 radical (unpaired) electrons. The minimum Gasteiger partial charge on any atom is -0.399 e. The second-order valence-corrected chi connectivity index (χ2v) is 6.06. The monoisotopic (exact) mass is 275 g/mol. The van der Waals surface area contributed by atoms with E-state index in [0.29, 0.717) is 6.04 Å². The third-order valence-corrected chi connectivity index (χ3v) is 4.00. The average molecular weight is 275 g/mol. The van der Waals surface area contributed by atoms with Crippen LogP contribution in [0.15, 0.2) is 30.5 Å². The quantitative estimate of drug-likeness (QED) is 0.622. The molecule has 0 bridgehead atoms. The minimum absolute atomic E-state index is 0.460. The number of hydrogen-bond donors (Lipinski definition) is 2. The van der Waals surface area contributed by atoms with Crippen LogP contribution in [-0.2, 0) is 0 Å². The maximum Gasteiger partial charge on any atom is 0.0743 e. The van der Waals surface area contributed by atoms with Crippen LogP contribution < -0.4 is 11.1 Å². The van der Waals surface area contributed by atoms with Crippen molar-refractivity contribution < 1.29 is 0 Å². The summed E-state index contributed by atoms with van der Waals surface area (Å²) >= 11 is 1.98. The third-order valence-electron chi connectivity index (χ3n) is 3.07. The Balaban J connectivity index is 2.12. The van der Waals surface area contributed by atoms with Crippen LogP contribution in [-0.4, -0.2) is 22.5 Å². The van der Waals surface area contributed by atoms with E-state index in [1.165, 1.54) is 11.5 Å². The number of fused-ring (bicyclic) bond motifs is 1. The predicted octanol–water partition coefficient (Wildman–Crippen LogP) is 3.76. The lowest BCUT2D eigenvalue weighted by Gasteiger charge is -2.16. The van der Waals surface area contributed by atoms with Gasteiger partial charge in [-0.15, -0.1) is 0 Å². The molecule has 1 atom stereocenters. The van der Waals surface area contributed by atoms with Gasteiger partial charge in [0.1, 0.15) is 0 Å². The number of thioether (sulfide) groups is 1. The first-order valence-corrected chi connectivity index (χ1v) is 7.84. The molecule has 3 N–H and O–H groups in total. The lowest BCUT2D eigenvalue weighted by Crippen LogP contribution is -2.16. The molecular formula is C15H21N3S. The Morgan fingerprint density at radius 3 is 3.00 bits per heavy atom. The lowest BCUT2D eigenvalue weighted by molar-refractivity contribution is 0.772. The molecule has 2 rings (SSSR count). The molecule has 1 heterocycles. The number of nitrogens with zero attached hydrogens (tertiary/aromatic N) is 1. The van der Waals surface area contributed by atoms with Crippen molar-refractivity contribution in [1.82, 2.24) is 4.98 Å². The van der Waals surface area contributed by atoms with E-state index >= 15 is 0 Å². The molecule has 0 fully saturated rings. The summed E-state index contributed by atoms with van der Waals surface area (Å²) in [5, 5.41) is 4.70. The number of anilines is 2. The second kappa shape index (κ2) is 6.66. The molecule has 19 heavy (non-hydrogen) atoms. The Bertz CT molecular complexity index is 542. The van der Waals surface area contributed by atoms with E-state index in [-0.39, 0.29) is 0 Å². The number of pyridine rings is 1. The molecule has 0 aliphatic heterocycles. The second-order valence-electron chi connectivity index (χ2n) is 4.67. The highest BCUT2D eigenvalue weighted by atomic mass is 32.2. The van der Waals surface area contributed by atoms with E-state index in [1.54, 1.807) is 0 Å². The molecule has 1 aromatic carbocycles. The van der Waals surface area contributed by atoms with Crippen LogP contribution >= 0.6 is 11.8 Å². The zero-order valence-electron chi connectivity index (χ0n) is 11.5. The van der Waals surface area contributed by atoms with Gasteiger partial charge < -0.3 is 11.1 Å². The van der Waals surface area contributed by atoms with Crippen molar-refractivity contribution in [3.8, 4) is 0 Å². The standard InChI is InChI=1S/C15H21N3S/c1-3-19-9-7-11(2)18-14-6-8-17-15-10-12(16)4-5-13(14)15/h4-6,8,10-11H,3,7,9,16H2,1-2H3,(H,17,18). The van der Waals surface area contributed by atoms with Crippen molar-refractivity contribution >= 4 is 34.0 Å². The molecule has 1 aromatic heterocycles. The number of hydrogen-bond acceptors (Lipinski definition) is 4. The van der Waals surface area contributed by atoms with Crippen molar-refractivity contribution in [2.45, 2.75) is 26.3 Å². The van der Waals surface area contributed by atoms with Gasteiger partial charge >= 0.3 is 0 Å². The summed E-state index contributed by atoms with van der Waals surface area (Å²) in [6.45, 7) is 4.42. The predicted molar refractivity (Wildman–Crippen MR) is 86.9 cm³/mol. The number of benzene rings is 1. The number of rotatable bonds is 6. The fourth-order valence-corrected chi connectivity index (χ4v) is 2.84. The first-order valence-electron chi connectivity index (χ1n) is 6.69. The van der Waals surface area contributed by atoms with Gasteiger partial charge in [-0.05, 0) is 49.1 Å². The van der Waals surface area contributed by atoms with Crippen molar-refractivity contribution in [3.63, 3.8) is 0 Å². The molecule has 3 nitrogen and oxygen atoms in total. The Labute approximate surface area is 119 Å². The summed E-state index contributed by atoms with van der Waals surface area (Å²) in [6, 6.07) is 8.36. The largest absolute Gasteiger partial charge is 0.399 e. The van der Waals surface area contributed by atoms with Crippen molar-refractivity contribution in [1.29, 1.82) is 0 Å². The molecule has 0 amide bonds. The SMILES string of the molecule is CCSCCC(C)Nc1ccnc2cc(N)ccc12. The number of nitrogens with one attached hydrogen (secondary N) is 1. The molecule has 0 spiro atoms. The number of aromatic nitrogens is 1. The van der Waals surface area contributed by atoms with Gasteiger partial charge in [0.25, 0.3) is 0 Å². The van der Waals surface area contributed by atoms with E-state index < -0.39 is 0 Å². The normalized spacial score (nSPS) is 12.5. The summed E-state index contributed by atoms with van der Waals surface area (Å²) in [5.74, 6) is 2.38. The van der Waals surface area contributed by atoms with E-state index in [0.717, 1.165) is 28.7 Å². The molecule has 0 aliphatic rings. The molecule has 0 saturated carbocycles. The van der Waals surface area contributed by atoms with E-state index in [9.17, 15) is 0 Å². The van der Waals surface area contributed by atoms with Gasteiger partial charge in [-0.2, -0.15) is 11.8 Å². The van der Waals surface area contributed by atoms with E-state index in [2.05, 4.69) is 24.1 Å². The van der Waals surface area contributed by atoms with Crippen LogP contribution in [0.3, 0.4) is 0 Å². The molecule has 4 heteroatoms. The highest BCUT2D eigenvalue weighted by Gasteiger charge is 2.06. The molecule has 0 saturated heterocycles. The van der Waals surface area contributed by atoms with Gasteiger partial charge in [0.15, 0.2) is 0 Å². The Morgan fingerprint density at radius 1 is 1.37 bits per heavy atom. The average Bonchev–Trinajstić information content (AvgIpc) is 2.39. The van der Waals surface area contributed by atoms with Gasteiger partial charge in [-0.25, -0.2) is 0 Å². The number of nitrogens with two attached hydrogens (primary N) is 1. The van der Waals surface area contributed by atoms with Gasteiger partial charge in [0.2, 0.25) is 0 Å². The topological polar surface area (TPSA) is 50.9 Å². The van der Waals surface area contributed by atoms with E-state index in [4.69, 9.17) is 5.73 Å². The maximum atomic E-state index is 5.79. The molecule has 1 unspecified atom stereocenters. The summed E-state index contributed by atoms with van der Waals surface area (Å²) in [4.78, 5) is 4.36. The molecule has 102 valence electrons. The first kappa shape index (κ1) is 14.0. The van der Waals surface area contributed by atoms with Crippen molar-refractivity contribution in [2.24, 2.45) is 0 Å². The minimum atomic E-state index is 0.460. The van der Waals surface area contributed by atoms with Crippen LogP contribution in [0.1, 0.15) is 20.3 Å². The molecular weight excluding hydrogens is 254 g/mol. The van der Waals surface area contributed by atoms with Crippen LogP contribution in [0.5, 0.6) is 0 Å². The lowest BCUT2D eigenvalue weighted by atomic mass is 10.1. The van der Waals surface area contributed by atoms with Gasteiger partial charge in [-0.3, -0.25) is 4.98 Å². The first-order chi connectivity index (χ1) is 9.20. The zero-order valence-corrected chi connectivity index (χ0v) is 12.3. The summed E-state index contributed by atoms with van der Waals surface area (Å²) in [5.41, 5.74) is 8.63. The van der Waals surface area contributed by atoms with Crippen LogP contribution in [0.25, 0.3) is 10.9 Å². The van der Waals surface area contributed by atoms with E-state index in [1.807, 2.05) is 42.2 Å². The van der Waals surface area contributed by atoms with Gasteiger partial charge in [0, 0.05) is 29.0 Å². The Hall–Kier alpha value is -1.42. The fourth-order valence-electron chi connectivity index (χ4n) is 2.03. The summed E-state index contributed by atoms with van der Waals surface area (Å²) in [7, 11) is 0. The Morgan fingerprint density at radius 2 is 2.21 bits per heavy atom. The highest BCUT2D eigenvalue weighted by molar-refractivity contribution is 7.99. The highest BCUT2D eigenvalue weighted by Crippen LogP contribution is 2.24. The van der Waals surface area contributed by atoms with Crippen LogP contribution in [0.4, 0.5) is 11.4 Å². The maximum absolute atomic E-state index is 5.79. The zero-order chi connectivity index (χ0) is 13.7. The molecule has 0 aliphatic carbocycles. The van der Waals surface area contributed by atoms with Crippen LogP contribution in [0.2, 0.25) is 0 Å². The van der Waals surface area contributed by atoms with Crippen molar-refractivity contribution in [3.05, 3.63) is 30.5 Å². The summed E-state index contributed by atoms with van der Waals surface area (Å²) in [6.07, 6.45) is 2.99. The van der Waals surface area contributed by atoms with Gasteiger partial charge in [-0.1, -0.05) is 6.92 Å². The number of nitrogen functional groups attached to an aromatic ring is 1. The fraction of sp³-hybridized carbons (Fsp3) is 0.400. The summed E-state index contributed by atoms with van der Waals surface area (Å²) < 4.78 is 0.